The lowest BCUT2D eigenvalue weighted by atomic mass is 9.98. The van der Waals surface area contributed by atoms with Gasteiger partial charge in [0.25, 0.3) is 0 Å². The molecule has 0 aromatic heterocycles. The molecule has 0 spiro atoms. The molecule has 0 bridgehead atoms. The molecule has 0 aliphatic heterocycles. The van der Waals surface area contributed by atoms with E-state index in [2.05, 4.69) is 5.32 Å². The second-order valence-corrected chi connectivity index (χ2v) is 4.69. The molecule has 0 unspecified atom stereocenters. The fourth-order valence-corrected chi connectivity index (χ4v) is 1.80. The van der Waals surface area contributed by atoms with Gasteiger partial charge in [-0.25, -0.2) is 0 Å². The Kier molecular flexibility index (Phi) is 7.25. The first kappa shape index (κ1) is 17.5. The third-order valence-electron chi connectivity index (χ3n) is 3.13. The van der Waals surface area contributed by atoms with E-state index in [9.17, 15) is 20.4 Å². The van der Waals surface area contributed by atoms with Crippen LogP contribution in [0.25, 0.3) is 0 Å². The lowest BCUT2D eigenvalue weighted by molar-refractivity contribution is -0.118. The first-order valence-corrected chi connectivity index (χ1v) is 6.51. The molecular weight excluding hydrogens is 276 g/mol. The van der Waals surface area contributed by atoms with Crippen molar-refractivity contribution in [3.8, 4) is 6.07 Å². The SMILES string of the molecule is N#C[C@H](NCc1ccccc1)[C@H](O)[C@H](O)[C@H](O)[C@H](O)CO. The predicted octanol–water partition coefficient (Wildman–Crippen LogP) is -1.90. The molecule has 1 aromatic rings. The molecule has 7 heteroatoms. The normalized spacial score (nSPS) is 18.3. The molecule has 7 nitrogen and oxygen atoms in total. The van der Waals surface area contributed by atoms with Crippen molar-refractivity contribution >= 4 is 0 Å². The summed E-state index contributed by atoms with van der Waals surface area (Å²) in [6.07, 6.45) is -6.72. The molecule has 0 heterocycles. The topological polar surface area (TPSA) is 137 Å². The number of hydrogen-bond donors (Lipinski definition) is 6. The lowest BCUT2D eigenvalue weighted by Gasteiger charge is -2.28. The van der Waals surface area contributed by atoms with Gasteiger partial charge in [-0.1, -0.05) is 30.3 Å². The summed E-state index contributed by atoms with van der Waals surface area (Å²) in [6, 6.07) is 9.80. The minimum absolute atomic E-state index is 0.293. The fourth-order valence-electron chi connectivity index (χ4n) is 1.80. The highest BCUT2D eigenvalue weighted by Crippen LogP contribution is 2.09. The molecule has 0 saturated carbocycles. The summed E-state index contributed by atoms with van der Waals surface area (Å²) in [5, 5.41) is 58.8. The van der Waals surface area contributed by atoms with E-state index in [0.717, 1.165) is 5.56 Å². The van der Waals surface area contributed by atoms with E-state index in [4.69, 9.17) is 10.4 Å². The summed E-state index contributed by atoms with van der Waals surface area (Å²) in [5.41, 5.74) is 0.885. The molecule has 21 heavy (non-hydrogen) atoms. The Morgan fingerprint density at radius 3 is 2.14 bits per heavy atom. The van der Waals surface area contributed by atoms with Crippen LogP contribution < -0.4 is 5.32 Å². The maximum absolute atomic E-state index is 9.88. The van der Waals surface area contributed by atoms with Gasteiger partial charge in [-0.2, -0.15) is 5.26 Å². The minimum atomic E-state index is -1.76. The van der Waals surface area contributed by atoms with Crippen LogP contribution in [0.4, 0.5) is 0 Å². The largest absolute Gasteiger partial charge is 0.394 e. The van der Waals surface area contributed by atoms with Crippen molar-refractivity contribution in [2.75, 3.05) is 6.61 Å². The van der Waals surface area contributed by atoms with Crippen molar-refractivity contribution in [1.29, 1.82) is 5.26 Å². The second-order valence-electron chi connectivity index (χ2n) is 4.69. The van der Waals surface area contributed by atoms with Crippen molar-refractivity contribution in [1.82, 2.24) is 5.32 Å². The molecule has 1 rings (SSSR count). The first-order chi connectivity index (χ1) is 10.0. The standard InChI is InChI=1S/C14H20N2O5/c15-6-10(16-7-9-4-2-1-3-5-9)12(19)14(21)13(20)11(18)8-17/h1-5,10-14,16-21H,7-8H2/t10-,11+,12-,13+,14-/m0/s1. The van der Waals surface area contributed by atoms with Gasteiger partial charge in [0.15, 0.2) is 0 Å². The summed E-state index contributed by atoms with van der Waals surface area (Å²) >= 11 is 0. The van der Waals surface area contributed by atoms with Crippen LogP contribution in [0.3, 0.4) is 0 Å². The summed E-state index contributed by atoms with van der Waals surface area (Å²) in [6.45, 7) is -0.471. The van der Waals surface area contributed by atoms with Crippen LogP contribution in [0.5, 0.6) is 0 Å². The summed E-state index contributed by atoms with van der Waals surface area (Å²) in [4.78, 5) is 0. The zero-order chi connectivity index (χ0) is 15.8. The number of aliphatic hydroxyl groups is 5. The van der Waals surface area contributed by atoms with Gasteiger partial charge in [0.1, 0.15) is 30.5 Å². The molecule has 5 atom stereocenters. The van der Waals surface area contributed by atoms with Gasteiger partial charge in [0, 0.05) is 6.54 Å². The maximum atomic E-state index is 9.88. The Morgan fingerprint density at radius 2 is 1.62 bits per heavy atom. The quantitative estimate of drug-likeness (QED) is 0.330. The van der Waals surface area contributed by atoms with Gasteiger partial charge in [0.05, 0.1) is 12.7 Å². The maximum Gasteiger partial charge on any atom is 0.124 e. The molecule has 0 amide bonds. The monoisotopic (exact) mass is 296 g/mol. The number of nitrogens with one attached hydrogen (secondary N) is 1. The highest BCUT2D eigenvalue weighted by atomic mass is 16.4. The average molecular weight is 296 g/mol. The van der Waals surface area contributed by atoms with Crippen molar-refractivity contribution < 1.29 is 25.5 Å². The molecule has 0 fully saturated rings. The molecule has 116 valence electrons. The van der Waals surface area contributed by atoms with Crippen molar-refractivity contribution in [3.63, 3.8) is 0 Å². The van der Waals surface area contributed by atoms with E-state index < -0.39 is 37.1 Å². The summed E-state index contributed by atoms with van der Waals surface area (Å²) in [7, 11) is 0. The van der Waals surface area contributed by atoms with Crippen molar-refractivity contribution in [3.05, 3.63) is 35.9 Å². The van der Waals surface area contributed by atoms with E-state index in [-0.39, 0.29) is 0 Å². The Morgan fingerprint density at radius 1 is 1.00 bits per heavy atom. The summed E-state index contributed by atoms with van der Waals surface area (Å²) < 4.78 is 0. The van der Waals surface area contributed by atoms with Crippen molar-refractivity contribution in [2.24, 2.45) is 0 Å². The number of hydrogen-bond acceptors (Lipinski definition) is 7. The lowest BCUT2D eigenvalue weighted by Crippen LogP contribution is -2.53. The molecule has 0 aliphatic carbocycles. The first-order valence-electron chi connectivity index (χ1n) is 6.51. The van der Waals surface area contributed by atoms with Crippen LogP contribution in [0.15, 0.2) is 30.3 Å². The number of benzene rings is 1. The third-order valence-corrected chi connectivity index (χ3v) is 3.13. The van der Waals surface area contributed by atoms with E-state index >= 15 is 0 Å². The van der Waals surface area contributed by atoms with Crippen LogP contribution in [0, 0.1) is 11.3 Å². The van der Waals surface area contributed by atoms with Crippen LogP contribution in [-0.4, -0.2) is 62.6 Å². The Labute approximate surface area is 122 Å². The molecular formula is C14H20N2O5. The van der Waals surface area contributed by atoms with E-state index in [0.29, 0.717) is 6.54 Å². The summed E-state index contributed by atoms with van der Waals surface area (Å²) in [5.74, 6) is 0. The fraction of sp³-hybridized carbons (Fsp3) is 0.500. The molecule has 1 aromatic carbocycles. The van der Waals surface area contributed by atoms with Gasteiger partial charge < -0.3 is 25.5 Å². The number of rotatable bonds is 8. The van der Waals surface area contributed by atoms with Crippen LogP contribution >= 0.6 is 0 Å². The van der Waals surface area contributed by atoms with Gasteiger partial charge >= 0.3 is 0 Å². The van der Waals surface area contributed by atoms with E-state index in [1.807, 2.05) is 30.3 Å². The minimum Gasteiger partial charge on any atom is -0.394 e. The molecule has 0 aliphatic rings. The number of aliphatic hydroxyl groups excluding tert-OH is 5. The van der Waals surface area contributed by atoms with Gasteiger partial charge in [0.2, 0.25) is 0 Å². The van der Waals surface area contributed by atoms with Gasteiger partial charge in [-0.3, -0.25) is 5.32 Å². The highest BCUT2D eigenvalue weighted by molar-refractivity contribution is 5.15. The van der Waals surface area contributed by atoms with Crippen molar-refractivity contribution in [2.45, 2.75) is 37.0 Å². The smallest absolute Gasteiger partial charge is 0.124 e. The second kappa shape index (κ2) is 8.69. The van der Waals surface area contributed by atoms with E-state index in [1.165, 1.54) is 0 Å². The Hall–Kier alpha value is -1.53. The highest BCUT2D eigenvalue weighted by Gasteiger charge is 2.34. The zero-order valence-corrected chi connectivity index (χ0v) is 11.4. The number of nitriles is 1. The van der Waals surface area contributed by atoms with Crippen LogP contribution in [0.1, 0.15) is 5.56 Å². The predicted molar refractivity (Wildman–Crippen MR) is 73.8 cm³/mol. The Balaban J connectivity index is 2.60. The van der Waals surface area contributed by atoms with E-state index in [1.54, 1.807) is 6.07 Å². The number of nitrogens with zero attached hydrogens (tertiary/aromatic N) is 1. The molecule has 0 radical (unpaired) electrons. The average Bonchev–Trinajstić information content (AvgIpc) is 2.53. The molecule has 0 saturated heterocycles. The zero-order valence-electron chi connectivity index (χ0n) is 11.4. The van der Waals surface area contributed by atoms with Gasteiger partial charge in [-0.05, 0) is 5.56 Å². The van der Waals surface area contributed by atoms with Crippen LogP contribution in [0.2, 0.25) is 0 Å². The van der Waals surface area contributed by atoms with Crippen LogP contribution in [-0.2, 0) is 6.54 Å². The third kappa shape index (κ3) is 5.06. The molecule has 6 N–H and O–H groups in total. The Bertz CT molecular complexity index is 450. The van der Waals surface area contributed by atoms with Gasteiger partial charge in [-0.15, -0.1) is 0 Å².